The Morgan fingerprint density at radius 3 is 2.64 bits per heavy atom. The fraction of sp³-hybridized carbons (Fsp3) is 0.680. The van der Waals surface area contributed by atoms with Crippen LogP contribution in [0, 0.1) is 6.92 Å². The summed E-state index contributed by atoms with van der Waals surface area (Å²) in [5.41, 5.74) is 1.90. The highest BCUT2D eigenvalue weighted by Gasteiger charge is 2.39. The highest BCUT2D eigenvalue weighted by Crippen LogP contribution is 2.40. The largest absolute Gasteiger partial charge is 0.369 e. The third kappa shape index (κ3) is 5.46. The quantitative estimate of drug-likeness (QED) is 0.467. The van der Waals surface area contributed by atoms with E-state index in [-0.39, 0.29) is 6.03 Å². The lowest BCUT2D eigenvalue weighted by Crippen LogP contribution is -2.40. The van der Waals surface area contributed by atoms with Gasteiger partial charge in [-0.15, -0.1) is 0 Å². The van der Waals surface area contributed by atoms with Crippen molar-refractivity contribution in [3.05, 3.63) is 22.6 Å². The molecule has 2 N–H and O–H groups in total. The zero-order valence-corrected chi connectivity index (χ0v) is 23.2. The number of fused-ring (bicyclic) bond motifs is 2. The van der Waals surface area contributed by atoms with Gasteiger partial charge in [0.2, 0.25) is 5.95 Å². The van der Waals surface area contributed by atoms with Crippen molar-refractivity contribution in [1.29, 1.82) is 0 Å². The van der Waals surface area contributed by atoms with E-state index in [0.717, 1.165) is 80.0 Å². The van der Waals surface area contributed by atoms with Crippen LogP contribution in [-0.4, -0.2) is 92.8 Å². The molecule has 11 heteroatoms. The molecule has 0 radical (unpaired) electrons. The topological polar surface area (TPSA) is 94.5 Å². The van der Waals surface area contributed by atoms with Gasteiger partial charge in [-0.05, 0) is 74.8 Å². The Morgan fingerprint density at radius 2 is 1.86 bits per heavy atom. The molecule has 10 nitrogen and oxygen atoms in total. The number of halogens is 1. The predicted molar refractivity (Wildman–Crippen MR) is 145 cm³/mol. The second-order valence-electron chi connectivity index (χ2n) is 10.5. The van der Waals surface area contributed by atoms with Gasteiger partial charge in [-0.1, -0.05) is 0 Å². The van der Waals surface area contributed by atoms with Crippen LogP contribution in [0.5, 0.6) is 0 Å². The summed E-state index contributed by atoms with van der Waals surface area (Å²) in [6.07, 6.45) is 11.8. The van der Waals surface area contributed by atoms with E-state index in [1.54, 1.807) is 6.20 Å². The van der Waals surface area contributed by atoms with Crippen molar-refractivity contribution >= 4 is 39.4 Å². The van der Waals surface area contributed by atoms with Crippen LogP contribution in [0.3, 0.4) is 0 Å². The van der Waals surface area contributed by atoms with Crippen molar-refractivity contribution in [2.75, 3.05) is 50.9 Å². The second-order valence-corrected chi connectivity index (χ2v) is 11.3. The first-order valence-electron chi connectivity index (χ1n) is 13.2. The average Bonchev–Trinajstić information content (AvgIpc) is 3.23. The molecule has 2 aromatic rings. The number of carbonyl (C=O) groups excluding carboxylic acids is 1. The third-order valence-corrected chi connectivity index (χ3v) is 8.60. The Kier molecular flexibility index (Phi) is 7.66. The fourth-order valence-electron chi connectivity index (χ4n) is 5.83. The molecular weight excluding hydrogens is 522 g/mol. The Bertz CT molecular complexity index is 1060. The summed E-state index contributed by atoms with van der Waals surface area (Å²) in [5, 5.41) is 11.6. The molecule has 3 fully saturated rings. The number of carbonyl (C=O) groups is 1. The van der Waals surface area contributed by atoms with Gasteiger partial charge in [0.15, 0.2) is 0 Å². The number of hydrogen-bond acceptors (Lipinski definition) is 7. The number of hydrogen-bond donors (Lipinski definition) is 2. The summed E-state index contributed by atoms with van der Waals surface area (Å²) in [4.78, 5) is 27.9. The standard InChI is InChI=1S/C25H38BrN9O/c1-17-22(16-35(31-17)20-13-18-7-8-19(14-20)33(18)3)29-24-28-15-21(26)23(30-24)27-9-6-12-34-11-5-4-10-32(2)25(34)36/h15-16,18-20H,4-14H2,1-3H3,(H2,27,28,29,30). The van der Waals surface area contributed by atoms with Gasteiger partial charge in [-0.2, -0.15) is 10.1 Å². The summed E-state index contributed by atoms with van der Waals surface area (Å²) in [6, 6.07) is 1.94. The zero-order chi connectivity index (χ0) is 25.2. The summed E-state index contributed by atoms with van der Waals surface area (Å²) < 4.78 is 2.96. The van der Waals surface area contributed by atoms with E-state index in [2.05, 4.69) is 59.4 Å². The number of nitrogens with one attached hydrogen (secondary N) is 2. The molecule has 0 saturated carbocycles. The molecule has 0 spiro atoms. The second kappa shape index (κ2) is 10.9. The first-order valence-corrected chi connectivity index (χ1v) is 14.0. The van der Waals surface area contributed by atoms with Crippen molar-refractivity contribution in [3.8, 4) is 0 Å². The first-order chi connectivity index (χ1) is 17.4. The van der Waals surface area contributed by atoms with Gasteiger partial charge in [0.1, 0.15) is 5.82 Å². The van der Waals surface area contributed by atoms with E-state index < -0.39 is 0 Å². The molecule has 3 aliphatic heterocycles. The minimum absolute atomic E-state index is 0.131. The molecule has 0 aromatic carbocycles. The Hall–Kier alpha value is -2.40. The van der Waals surface area contributed by atoms with Gasteiger partial charge in [0.05, 0.1) is 21.9 Å². The molecule has 0 aliphatic carbocycles. The van der Waals surface area contributed by atoms with Crippen LogP contribution in [-0.2, 0) is 0 Å². The lowest BCUT2D eigenvalue weighted by atomic mass is 9.98. The molecule has 196 valence electrons. The van der Waals surface area contributed by atoms with E-state index in [1.165, 1.54) is 12.8 Å². The fourth-order valence-corrected chi connectivity index (χ4v) is 6.16. The van der Waals surface area contributed by atoms with Crippen molar-refractivity contribution in [2.45, 2.75) is 70.0 Å². The van der Waals surface area contributed by atoms with Gasteiger partial charge < -0.3 is 25.3 Å². The summed E-state index contributed by atoms with van der Waals surface area (Å²) in [6.45, 7) is 5.16. The molecule has 2 bridgehead atoms. The Balaban J connectivity index is 1.17. The molecular formula is C25H38BrN9O. The van der Waals surface area contributed by atoms with Crippen molar-refractivity contribution < 1.29 is 4.79 Å². The third-order valence-electron chi connectivity index (χ3n) is 8.02. The maximum Gasteiger partial charge on any atom is 0.319 e. The number of aryl methyl sites for hydroxylation is 1. The van der Waals surface area contributed by atoms with E-state index >= 15 is 0 Å². The first kappa shape index (κ1) is 25.3. The minimum atomic E-state index is 0.131. The van der Waals surface area contributed by atoms with Crippen LogP contribution in [0.2, 0.25) is 0 Å². The van der Waals surface area contributed by atoms with Crippen LogP contribution in [0.15, 0.2) is 16.9 Å². The lowest BCUT2D eigenvalue weighted by molar-refractivity contribution is 0.131. The van der Waals surface area contributed by atoms with E-state index in [9.17, 15) is 4.79 Å². The van der Waals surface area contributed by atoms with Crippen molar-refractivity contribution in [3.63, 3.8) is 0 Å². The summed E-state index contributed by atoms with van der Waals surface area (Å²) in [5.74, 6) is 1.28. The van der Waals surface area contributed by atoms with Crippen LogP contribution >= 0.6 is 15.9 Å². The molecule has 2 atom stereocenters. The molecule has 3 saturated heterocycles. The van der Waals surface area contributed by atoms with Crippen LogP contribution in [0.4, 0.5) is 22.2 Å². The molecule has 5 heterocycles. The van der Waals surface area contributed by atoms with Gasteiger partial charge in [-0.3, -0.25) is 4.68 Å². The van der Waals surface area contributed by atoms with Gasteiger partial charge in [-0.25, -0.2) is 9.78 Å². The molecule has 5 rings (SSSR count). The molecule has 2 aromatic heterocycles. The summed E-state index contributed by atoms with van der Waals surface area (Å²) in [7, 11) is 4.15. The normalized spacial score (nSPS) is 24.8. The lowest BCUT2D eigenvalue weighted by Gasteiger charge is -2.36. The SMILES string of the molecule is Cc1nn(C2CC3CCC(C2)N3C)cc1Nc1ncc(Br)c(NCCCN2CCCCN(C)C2=O)n1. The molecule has 36 heavy (non-hydrogen) atoms. The smallest absolute Gasteiger partial charge is 0.319 e. The van der Waals surface area contributed by atoms with E-state index in [1.807, 2.05) is 23.8 Å². The Labute approximate surface area is 221 Å². The number of anilines is 3. The van der Waals surface area contributed by atoms with Gasteiger partial charge in [0.25, 0.3) is 0 Å². The van der Waals surface area contributed by atoms with Crippen molar-refractivity contribution in [2.24, 2.45) is 0 Å². The number of urea groups is 1. The maximum atomic E-state index is 12.4. The highest BCUT2D eigenvalue weighted by atomic mass is 79.9. The average molecular weight is 561 g/mol. The van der Waals surface area contributed by atoms with E-state index in [4.69, 9.17) is 5.10 Å². The van der Waals surface area contributed by atoms with Gasteiger partial charge >= 0.3 is 6.03 Å². The zero-order valence-electron chi connectivity index (χ0n) is 21.6. The maximum absolute atomic E-state index is 12.4. The number of amides is 2. The number of aromatic nitrogens is 4. The van der Waals surface area contributed by atoms with Crippen LogP contribution in [0.25, 0.3) is 0 Å². The minimum Gasteiger partial charge on any atom is -0.369 e. The number of piperidine rings is 1. The summed E-state index contributed by atoms with van der Waals surface area (Å²) >= 11 is 3.56. The van der Waals surface area contributed by atoms with E-state index in [0.29, 0.717) is 24.1 Å². The number of nitrogens with zero attached hydrogens (tertiary/aromatic N) is 7. The van der Waals surface area contributed by atoms with Crippen molar-refractivity contribution in [1.82, 2.24) is 34.4 Å². The van der Waals surface area contributed by atoms with Crippen LogP contribution in [0.1, 0.15) is 56.7 Å². The molecule has 3 aliphatic rings. The van der Waals surface area contributed by atoms with Crippen LogP contribution < -0.4 is 10.6 Å². The molecule has 2 unspecified atom stereocenters. The number of rotatable bonds is 8. The monoisotopic (exact) mass is 559 g/mol. The Morgan fingerprint density at radius 1 is 1.11 bits per heavy atom. The molecule has 2 amide bonds. The van der Waals surface area contributed by atoms with Gasteiger partial charge in [0, 0.05) is 57.7 Å². The highest BCUT2D eigenvalue weighted by molar-refractivity contribution is 9.10. The predicted octanol–water partition coefficient (Wildman–Crippen LogP) is 4.23.